The molecule has 2 N–H and O–H groups in total. The van der Waals surface area contributed by atoms with Crippen LogP contribution in [-0.4, -0.2) is 26.7 Å². The maximum absolute atomic E-state index is 12.0. The van der Waals surface area contributed by atoms with Crippen LogP contribution in [0.2, 0.25) is 0 Å². The minimum Gasteiger partial charge on any atom is -0.335 e. The summed E-state index contributed by atoms with van der Waals surface area (Å²) in [6.45, 7) is 0. The first-order valence-electron chi connectivity index (χ1n) is 7.10. The van der Waals surface area contributed by atoms with Crippen LogP contribution in [0, 0.1) is 5.41 Å². The van der Waals surface area contributed by atoms with Crippen molar-refractivity contribution < 1.29 is 4.79 Å². The zero-order chi connectivity index (χ0) is 13.6. The summed E-state index contributed by atoms with van der Waals surface area (Å²) in [7, 11) is 0. The first kappa shape index (κ1) is 11.7. The molecule has 2 aromatic heterocycles. The highest BCUT2D eigenvalue weighted by molar-refractivity contribution is 5.93. The Morgan fingerprint density at radius 2 is 2.25 bits per heavy atom. The molecule has 0 radical (unpaired) electrons. The molecule has 2 fully saturated rings. The van der Waals surface area contributed by atoms with Crippen LogP contribution >= 0.6 is 0 Å². The Hall–Kier alpha value is -2.11. The van der Waals surface area contributed by atoms with Crippen LogP contribution in [0.1, 0.15) is 32.1 Å². The van der Waals surface area contributed by atoms with E-state index in [2.05, 4.69) is 20.7 Å². The van der Waals surface area contributed by atoms with Crippen molar-refractivity contribution in [1.82, 2.24) is 19.9 Å². The Labute approximate surface area is 116 Å². The summed E-state index contributed by atoms with van der Waals surface area (Å²) in [4.78, 5) is 16.2. The van der Waals surface area contributed by atoms with Gasteiger partial charge in [0.2, 0.25) is 0 Å². The maximum Gasteiger partial charge on any atom is 0.319 e. The van der Waals surface area contributed by atoms with E-state index in [0.29, 0.717) is 22.8 Å². The lowest BCUT2D eigenvalue weighted by Crippen LogP contribution is -2.54. The lowest BCUT2D eigenvalue weighted by Gasteiger charge is -2.54. The van der Waals surface area contributed by atoms with Crippen LogP contribution in [-0.2, 0) is 0 Å². The number of carbonyl (C=O) groups excluding carboxylic acids is 1. The number of carbonyl (C=O) groups is 1. The Kier molecular flexibility index (Phi) is 2.45. The molecule has 6 heteroatoms. The zero-order valence-corrected chi connectivity index (χ0v) is 11.2. The quantitative estimate of drug-likeness (QED) is 0.879. The van der Waals surface area contributed by atoms with Gasteiger partial charge in [-0.25, -0.2) is 14.3 Å². The SMILES string of the molecule is O=C(Nc1cccn2ncnc12)NC1CC2(CCC2)C1. The summed E-state index contributed by atoms with van der Waals surface area (Å²) < 4.78 is 1.64. The van der Waals surface area contributed by atoms with Crippen molar-refractivity contribution in [2.45, 2.75) is 38.1 Å². The minimum absolute atomic E-state index is 0.153. The molecule has 0 unspecified atom stereocenters. The van der Waals surface area contributed by atoms with E-state index in [-0.39, 0.29) is 6.03 Å². The monoisotopic (exact) mass is 271 g/mol. The summed E-state index contributed by atoms with van der Waals surface area (Å²) >= 11 is 0. The molecule has 1 spiro atoms. The second-order valence-electron chi connectivity index (χ2n) is 6.01. The Balaban J connectivity index is 1.39. The molecule has 6 nitrogen and oxygen atoms in total. The number of pyridine rings is 1. The number of amides is 2. The van der Waals surface area contributed by atoms with Gasteiger partial charge in [-0.15, -0.1) is 0 Å². The van der Waals surface area contributed by atoms with Gasteiger partial charge in [-0.05, 0) is 43.2 Å². The molecule has 20 heavy (non-hydrogen) atoms. The molecular weight excluding hydrogens is 254 g/mol. The molecule has 2 amide bonds. The summed E-state index contributed by atoms with van der Waals surface area (Å²) in [5, 5.41) is 9.94. The van der Waals surface area contributed by atoms with Crippen molar-refractivity contribution in [3.8, 4) is 0 Å². The normalized spacial score (nSPS) is 20.4. The first-order chi connectivity index (χ1) is 9.74. The van der Waals surface area contributed by atoms with Crippen molar-refractivity contribution in [3.05, 3.63) is 24.7 Å². The molecule has 2 aliphatic carbocycles. The van der Waals surface area contributed by atoms with E-state index < -0.39 is 0 Å². The fraction of sp³-hybridized carbons (Fsp3) is 0.500. The highest BCUT2D eigenvalue weighted by Crippen LogP contribution is 2.55. The number of aromatic nitrogens is 3. The minimum atomic E-state index is -0.153. The third kappa shape index (κ3) is 1.83. The van der Waals surface area contributed by atoms with Gasteiger partial charge in [-0.1, -0.05) is 6.42 Å². The highest BCUT2D eigenvalue weighted by atomic mass is 16.2. The van der Waals surface area contributed by atoms with Gasteiger partial charge in [0.1, 0.15) is 6.33 Å². The maximum atomic E-state index is 12.0. The Morgan fingerprint density at radius 1 is 1.40 bits per heavy atom. The third-order valence-corrected chi connectivity index (χ3v) is 4.66. The van der Waals surface area contributed by atoms with E-state index in [1.54, 1.807) is 10.7 Å². The second kappa shape index (κ2) is 4.19. The average Bonchev–Trinajstić information content (AvgIpc) is 2.80. The predicted octanol–water partition coefficient (Wildman–Crippen LogP) is 2.18. The molecule has 2 aliphatic rings. The van der Waals surface area contributed by atoms with Crippen molar-refractivity contribution in [2.24, 2.45) is 5.41 Å². The van der Waals surface area contributed by atoms with Crippen molar-refractivity contribution in [2.75, 3.05) is 5.32 Å². The average molecular weight is 271 g/mol. The van der Waals surface area contributed by atoms with Crippen LogP contribution < -0.4 is 10.6 Å². The van der Waals surface area contributed by atoms with Crippen LogP contribution in [0.3, 0.4) is 0 Å². The van der Waals surface area contributed by atoms with E-state index in [0.717, 1.165) is 12.8 Å². The lowest BCUT2D eigenvalue weighted by atomic mass is 9.54. The molecule has 0 saturated heterocycles. The smallest absolute Gasteiger partial charge is 0.319 e. The molecule has 2 aromatic rings. The molecule has 104 valence electrons. The number of anilines is 1. The van der Waals surface area contributed by atoms with E-state index in [4.69, 9.17) is 0 Å². The van der Waals surface area contributed by atoms with Gasteiger partial charge in [-0.2, -0.15) is 5.10 Å². The van der Waals surface area contributed by atoms with Crippen LogP contribution in [0.25, 0.3) is 5.65 Å². The summed E-state index contributed by atoms with van der Waals surface area (Å²) in [6.07, 6.45) is 9.58. The van der Waals surface area contributed by atoms with Gasteiger partial charge < -0.3 is 10.6 Å². The molecule has 2 saturated carbocycles. The standard InChI is InChI=1S/C14H17N5O/c20-13(17-10-7-14(8-10)4-2-5-14)18-11-3-1-6-19-12(11)15-9-16-19/h1,3,6,9-10H,2,4-5,7-8H2,(H2,17,18,20). The van der Waals surface area contributed by atoms with Gasteiger partial charge in [0, 0.05) is 12.2 Å². The van der Waals surface area contributed by atoms with Crippen molar-refractivity contribution >= 4 is 17.4 Å². The van der Waals surface area contributed by atoms with Gasteiger partial charge in [0.25, 0.3) is 0 Å². The van der Waals surface area contributed by atoms with Gasteiger partial charge >= 0.3 is 6.03 Å². The molecule has 4 rings (SSSR count). The summed E-state index contributed by atoms with van der Waals surface area (Å²) in [5.41, 5.74) is 1.91. The zero-order valence-electron chi connectivity index (χ0n) is 11.2. The molecule has 0 bridgehead atoms. The Morgan fingerprint density at radius 3 is 3.00 bits per heavy atom. The van der Waals surface area contributed by atoms with Gasteiger partial charge in [0.05, 0.1) is 5.69 Å². The first-order valence-corrected chi connectivity index (χ1v) is 7.10. The van der Waals surface area contributed by atoms with E-state index in [9.17, 15) is 4.79 Å². The largest absolute Gasteiger partial charge is 0.335 e. The molecule has 0 atom stereocenters. The number of urea groups is 1. The fourth-order valence-corrected chi connectivity index (χ4v) is 3.46. The number of hydrogen-bond donors (Lipinski definition) is 2. The summed E-state index contributed by atoms with van der Waals surface area (Å²) in [5.74, 6) is 0. The Bertz CT molecular complexity index is 652. The van der Waals surface area contributed by atoms with Gasteiger partial charge in [0.15, 0.2) is 5.65 Å². The van der Waals surface area contributed by atoms with E-state index in [1.165, 1.54) is 25.6 Å². The molecule has 0 aliphatic heterocycles. The lowest BCUT2D eigenvalue weighted by molar-refractivity contribution is 0.00286. The van der Waals surface area contributed by atoms with E-state index >= 15 is 0 Å². The number of fused-ring (bicyclic) bond motifs is 1. The van der Waals surface area contributed by atoms with E-state index in [1.807, 2.05) is 12.1 Å². The number of nitrogens with zero attached hydrogens (tertiary/aromatic N) is 3. The van der Waals surface area contributed by atoms with Crippen molar-refractivity contribution in [1.29, 1.82) is 0 Å². The van der Waals surface area contributed by atoms with Crippen LogP contribution in [0.4, 0.5) is 10.5 Å². The molecule has 0 aromatic carbocycles. The summed E-state index contributed by atoms with van der Waals surface area (Å²) in [6, 6.07) is 3.84. The number of hydrogen-bond acceptors (Lipinski definition) is 3. The predicted molar refractivity (Wildman–Crippen MR) is 74.4 cm³/mol. The van der Waals surface area contributed by atoms with Crippen LogP contribution in [0.5, 0.6) is 0 Å². The molecule has 2 heterocycles. The highest BCUT2D eigenvalue weighted by Gasteiger charge is 2.48. The van der Waals surface area contributed by atoms with Gasteiger partial charge in [-0.3, -0.25) is 0 Å². The third-order valence-electron chi connectivity index (χ3n) is 4.66. The van der Waals surface area contributed by atoms with Crippen molar-refractivity contribution in [3.63, 3.8) is 0 Å². The number of nitrogens with one attached hydrogen (secondary N) is 2. The number of rotatable bonds is 2. The van der Waals surface area contributed by atoms with Crippen LogP contribution in [0.15, 0.2) is 24.7 Å². The second-order valence-corrected chi connectivity index (χ2v) is 6.01. The fourth-order valence-electron chi connectivity index (χ4n) is 3.46. The molecular formula is C14H17N5O. The topological polar surface area (TPSA) is 71.3 Å².